The van der Waals surface area contributed by atoms with Crippen molar-refractivity contribution in [3.63, 3.8) is 0 Å². The fourth-order valence-electron chi connectivity index (χ4n) is 3.11. The quantitative estimate of drug-likeness (QED) is 0.340. The second-order valence-electron chi connectivity index (χ2n) is 6.87. The van der Waals surface area contributed by atoms with Gasteiger partial charge in [-0.15, -0.1) is 0 Å². The van der Waals surface area contributed by atoms with Crippen molar-refractivity contribution in [2.24, 2.45) is 5.73 Å². The number of nitrogens with two attached hydrogens (primary N) is 2. The van der Waals surface area contributed by atoms with Gasteiger partial charge in [0.15, 0.2) is 0 Å². The molecular formula is C22H25Cl2N7OS. The molecule has 3 heterocycles. The summed E-state index contributed by atoms with van der Waals surface area (Å²) in [5.74, 6) is 3.37. The van der Waals surface area contributed by atoms with E-state index in [0.29, 0.717) is 44.1 Å². The van der Waals surface area contributed by atoms with Crippen LogP contribution in [0.5, 0.6) is 5.75 Å². The summed E-state index contributed by atoms with van der Waals surface area (Å²) >= 11 is 14.2. The van der Waals surface area contributed by atoms with Gasteiger partial charge in [0.05, 0.1) is 15.8 Å². The lowest BCUT2D eigenvalue weighted by Gasteiger charge is -2.26. The number of hydrogen-bond acceptors (Lipinski definition) is 9. The molecule has 0 unspecified atom stereocenters. The van der Waals surface area contributed by atoms with Crippen molar-refractivity contribution in [1.82, 2.24) is 15.0 Å². The SMILES string of the molecule is CN.N=C(c1cnc(N2CCSCC2)nc1)c1cc(OCc2c(Cl)cncc2Cl)ccc1N. The van der Waals surface area contributed by atoms with Crippen LogP contribution in [0, 0.1) is 5.41 Å². The van der Waals surface area contributed by atoms with Crippen molar-refractivity contribution in [2.75, 3.05) is 42.3 Å². The van der Waals surface area contributed by atoms with Gasteiger partial charge in [0.2, 0.25) is 5.95 Å². The molecule has 1 aromatic carbocycles. The minimum Gasteiger partial charge on any atom is -0.489 e. The fraction of sp³-hybridized carbons (Fsp3) is 0.273. The zero-order chi connectivity index (χ0) is 23.8. The lowest BCUT2D eigenvalue weighted by Crippen LogP contribution is -2.33. The van der Waals surface area contributed by atoms with Crippen molar-refractivity contribution in [2.45, 2.75) is 6.61 Å². The molecule has 0 atom stereocenters. The number of aromatic nitrogens is 3. The van der Waals surface area contributed by atoms with Crippen LogP contribution in [-0.2, 0) is 6.61 Å². The number of nitrogen functional groups attached to an aromatic ring is 1. The van der Waals surface area contributed by atoms with Gasteiger partial charge in [-0.05, 0) is 25.2 Å². The molecule has 0 bridgehead atoms. The monoisotopic (exact) mass is 505 g/mol. The van der Waals surface area contributed by atoms with Crippen molar-refractivity contribution in [3.05, 3.63) is 69.7 Å². The van der Waals surface area contributed by atoms with Gasteiger partial charge >= 0.3 is 0 Å². The number of pyridine rings is 1. The molecule has 1 saturated heterocycles. The van der Waals surface area contributed by atoms with Crippen LogP contribution < -0.4 is 21.1 Å². The molecule has 0 radical (unpaired) electrons. The zero-order valence-electron chi connectivity index (χ0n) is 18.1. The molecule has 11 heteroatoms. The van der Waals surface area contributed by atoms with Gasteiger partial charge in [0, 0.05) is 71.8 Å². The molecule has 1 aliphatic rings. The standard InChI is InChI=1S/C21H20Cl2N6OS.CH5N/c22-17-10-26-11-18(23)16(17)12-30-14-1-2-19(24)15(7-14)20(25)13-8-27-21(28-9-13)29-3-5-31-6-4-29;1-2/h1-2,7-11,25H,3-6,12,24H2;2H2,1H3. The molecule has 1 fully saturated rings. The Morgan fingerprint density at radius 1 is 1.09 bits per heavy atom. The van der Waals surface area contributed by atoms with Gasteiger partial charge in [-0.25, -0.2) is 9.97 Å². The molecule has 0 amide bonds. The average molecular weight is 506 g/mol. The highest BCUT2D eigenvalue weighted by molar-refractivity contribution is 7.99. The maximum atomic E-state index is 8.60. The number of benzene rings is 1. The van der Waals surface area contributed by atoms with E-state index < -0.39 is 0 Å². The number of nitrogens with zero attached hydrogens (tertiary/aromatic N) is 4. The third kappa shape index (κ3) is 6.26. The third-order valence-corrected chi connectivity index (χ3v) is 6.44. The minimum absolute atomic E-state index is 0.169. The first-order valence-electron chi connectivity index (χ1n) is 10.1. The van der Waals surface area contributed by atoms with Crippen molar-refractivity contribution in [3.8, 4) is 5.75 Å². The molecule has 0 saturated carbocycles. The van der Waals surface area contributed by atoms with E-state index in [1.807, 2.05) is 11.8 Å². The summed E-state index contributed by atoms with van der Waals surface area (Å²) in [4.78, 5) is 15.0. The fourth-order valence-corrected chi connectivity index (χ4v) is 4.48. The van der Waals surface area contributed by atoms with Crippen LogP contribution in [-0.4, -0.2) is 52.3 Å². The third-order valence-electron chi connectivity index (χ3n) is 4.85. The maximum Gasteiger partial charge on any atom is 0.225 e. The van der Waals surface area contributed by atoms with Gasteiger partial charge in [-0.2, -0.15) is 11.8 Å². The molecule has 1 aliphatic heterocycles. The largest absolute Gasteiger partial charge is 0.489 e. The first-order chi connectivity index (χ1) is 16.0. The van der Waals surface area contributed by atoms with Crippen LogP contribution in [0.4, 0.5) is 11.6 Å². The van der Waals surface area contributed by atoms with E-state index >= 15 is 0 Å². The summed E-state index contributed by atoms with van der Waals surface area (Å²) in [5, 5.41) is 9.47. The summed E-state index contributed by atoms with van der Waals surface area (Å²) < 4.78 is 5.85. The molecule has 2 aromatic heterocycles. The number of thioether (sulfide) groups is 1. The van der Waals surface area contributed by atoms with E-state index in [1.54, 1.807) is 30.6 Å². The van der Waals surface area contributed by atoms with E-state index in [9.17, 15) is 0 Å². The predicted molar refractivity (Wildman–Crippen MR) is 137 cm³/mol. The van der Waals surface area contributed by atoms with Gasteiger partial charge in [-0.1, -0.05) is 23.2 Å². The molecule has 5 N–H and O–H groups in total. The van der Waals surface area contributed by atoms with E-state index in [1.165, 1.54) is 19.4 Å². The zero-order valence-corrected chi connectivity index (χ0v) is 20.4. The highest BCUT2D eigenvalue weighted by Gasteiger charge is 2.16. The molecule has 33 heavy (non-hydrogen) atoms. The van der Waals surface area contributed by atoms with E-state index in [-0.39, 0.29) is 12.3 Å². The van der Waals surface area contributed by atoms with Crippen LogP contribution in [0.3, 0.4) is 0 Å². The Morgan fingerprint density at radius 2 is 1.73 bits per heavy atom. The molecule has 4 rings (SSSR count). The Morgan fingerprint density at radius 3 is 2.36 bits per heavy atom. The summed E-state index contributed by atoms with van der Waals surface area (Å²) in [6, 6.07) is 5.16. The highest BCUT2D eigenvalue weighted by atomic mass is 35.5. The van der Waals surface area contributed by atoms with Crippen LogP contribution in [0.2, 0.25) is 10.0 Å². The smallest absolute Gasteiger partial charge is 0.225 e. The summed E-state index contributed by atoms with van der Waals surface area (Å²) in [5.41, 5.74) is 13.1. The Hall–Kier alpha value is -2.59. The Kier molecular flexibility index (Phi) is 9.13. The first-order valence-corrected chi connectivity index (χ1v) is 12.1. The summed E-state index contributed by atoms with van der Waals surface area (Å²) in [6.07, 6.45) is 6.36. The highest BCUT2D eigenvalue weighted by Crippen LogP contribution is 2.27. The van der Waals surface area contributed by atoms with Crippen molar-refractivity contribution < 1.29 is 4.74 Å². The van der Waals surface area contributed by atoms with Crippen LogP contribution in [0.1, 0.15) is 16.7 Å². The normalized spacial score (nSPS) is 13.2. The second kappa shape index (κ2) is 12.0. The van der Waals surface area contributed by atoms with Crippen LogP contribution in [0.25, 0.3) is 0 Å². The maximum absolute atomic E-state index is 8.60. The van der Waals surface area contributed by atoms with Crippen LogP contribution >= 0.6 is 35.0 Å². The number of rotatable bonds is 6. The van der Waals surface area contributed by atoms with E-state index in [4.69, 9.17) is 39.1 Å². The lowest BCUT2D eigenvalue weighted by atomic mass is 10.0. The summed E-state index contributed by atoms with van der Waals surface area (Å²) in [7, 11) is 1.50. The van der Waals surface area contributed by atoms with Gasteiger partial charge < -0.3 is 21.1 Å². The topological polar surface area (TPSA) is 127 Å². The molecule has 3 aromatic rings. The first kappa shape index (κ1) is 25.0. The van der Waals surface area contributed by atoms with Crippen molar-refractivity contribution >= 4 is 52.3 Å². The molecule has 0 spiro atoms. The van der Waals surface area contributed by atoms with E-state index in [0.717, 1.165) is 24.6 Å². The summed E-state index contributed by atoms with van der Waals surface area (Å²) in [6.45, 7) is 2.03. The molecule has 8 nitrogen and oxygen atoms in total. The van der Waals surface area contributed by atoms with Crippen molar-refractivity contribution in [1.29, 1.82) is 5.41 Å². The number of ether oxygens (including phenoxy) is 1. The Labute approximate surface area is 207 Å². The number of halogens is 2. The predicted octanol–water partition coefficient (Wildman–Crippen LogP) is 3.88. The molecule has 174 valence electrons. The van der Waals surface area contributed by atoms with Crippen LogP contribution in [0.15, 0.2) is 43.0 Å². The van der Waals surface area contributed by atoms with Gasteiger partial charge in [-0.3, -0.25) is 10.4 Å². The average Bonchev–Trinajstić information content (AvgIpc) is 2.86. The van der Waals surface area contributed by atoms with E-state index in [2.05, 4.69) is 25.6 Å². The Balaban J connectivity index is 0.00000149. The lowest BCUT2D eigenvalue weighted by molar-refractivity contribution is 0.306. The number of anilines is 2. The van der Waals surface area contributed by atoms with Gasteiger partial charge in [0.1, 0.15) is 12.4 Å². The number of nitrogens with one attached hydrogen (secondary N) is 1. The number of hydrogen-bond donors (Lipinski definition) is 3. The minimum atomic E-state index is 0.169. The molecule has 0 aliphatic carbocycles. The van der Waals surface area contributed by atoms with Gasteiger partial charge in [0.25, 0.3) is 0 Å². The Bertz CT molecular complexity index is 1070. The second-order valence-corrected chi connectivity index (χ2v) is 8.90. The molecular weight excluding hydrogens is 481 g/mol.